The molecule has 0 saturated carbocycles. The van der Waals surface area contributed by atoms with E-state index >= 15 is 0 Å². The summed E-state index contributed by atoms with van der Waals surface area (Å²) in [5.74, 6) is -0.272. The molecule has 5 nitrogen and oxygen atoms in total. The van der Waals surface area contributed by atoms with Crippen LogP contribution in [0.1, 0.15) is 32.1 Å². The largest absolute Gasteiger partial charge is 0.466 e. The fourth-order valence-corrected chi connectivity index (χ4v) is 2.78. The van der Waals surface area contributed by atoms with Gasteiger partial charge >= 0.3 is 12.1 Å². The molecular formula is C14H19NO4. The molecule has 0 fully saturated rings. The van der Waals surface area contributed by atoms with Crippen LogP contribution >= 0.6 is 0 Å². The topological polar surface area (TPSA) is 55.8 Å². The van der Waals surface area contributed by atoms with Gasteiger partial charge in [-0.15, -0.1) is 0 Å². The van der Waals surface area contributed by atoms with Gasteiger partial charge in [0.1, 0.15) is 0 Å². The van der Waals surface area contributed by atoms with Crippen molar-refractivity contribution in [1.29, 1.82) is 0 Å². The molecule has 1 aliphatic carbocycles. The predicted molar refractivity (Wildman–Crippen MR) is 69.3 cm³/mol. The first-order valence-electron chi connectivity index (χ1n) is 6.52. The summed E-state index contributed by atoms with van der Waals surface area (Å²) in [5, 5.41) is 0. The van der Waals surface area contributed by atoms with E-state index < -0.39 is 0 Å². The Morgan fingerprint density at radius 1 is 1.21 bits per heavy atom. The third-order valence-corrected chi connectivity index (χ3v) is 3.69. The van der Waals surface area contributed by atoms with E-state index in [1.54, 1.807) is 11.1 Å². The number of hydrogen-bond donors (Lipinski definition) is 0. The Balaban J connectivity index is 2.29. The average molecular weight is 265 g/mol. The SMILES string of the molecule is COC(=O)C1=C([C@H]2CC=CN2C(=O)OC)CCCC1. The van der Waals surface area contributed by atoms with Crippen molar-refractivity contribution in [3.63, 3.8) is 0 Å². The van der Waals surface area contributed by atoms with Crippen molar-refractivity contribution < 1.29 is 19.1 Å². The van der Waals surface area contributed by atoms with Crippen molar-refractivity contribution in [2.45, 2.75) is 38.1 Å². The van der Waals surface area contributed by atoms with Gasteiger partial charge < -0.3 is 9.47 Å². The lowest BCUT2D eigenvalue weighted by Gasteiger charge is -2.29. The fraction of sp³-hybridized carbons (Fsp3) is 0.571. The first kappa shape index (κ1) is 13.6. The highest BCUT2D eigenvalue weighted by Crippen LogP contribution is 2.34. The number of carbonyl (C=O) groups is 2. The van der Waals surface area contributed by atoms with Crippen molar-refractivity contribution >= 4 is 12.1 Å². The van der Waals surface area contributed by atoms with Crippen molar-refractivity contribution in [2.75, 3.05) is 14.2 Å². The van der Waals surface area contributed by atoms with E-state index in [9.17, 15) is 9.59 Å². The van der Waals surface area contributed by atoms with Gasteiger partial charge in [-0.05, 0) is 37.7 Å². The quantitative estimate of drug-likeness (QED) is 0.719. The van der Waals surface area contributed by atoms with E-state index in [1.165, 1.54) is 14.2 Å². The Kier molecular flexibility index (Phi) is 4.24. The van der Waals surface area contributed by atoms with Crippen LogP contribution in [0.3, 0.4) is 0 Å². The van der Waals surface area contributed by atoms with E-state index in [-0.39, 0.29) is 18.1 Å². The molecule has 104 valence electrons. The lowest BCUT2D eigenvalue weighted by molar-refractivity contribution is -0.136. The van der Waals surface area contributed by atoms with Crippen LogP contribution in [0.15, 0.2) is 23.4 Å². The van der Waals surface area contributed by atoms with Crippen molar-refractivity contribution in [3.05, 3.63) is 23.4 Å². The second kappa shape index (κ2) is 5.91. The van der Waals surface area contributed by atoms with Crippen LogP contribution in [0.2, 0.25) is 0 Å². The molecule has 1 aliphatic heterocycles. The first-order chi connectivity index (χ1) is 9.19. The molecule has 0 aromatic carbocycles. The number of methoxy groups -OCH3 is 2. The number of ether oxygens (including phenoxy) is 2. The minimum atomic E-state index is -0.388. The number of esters is 1. The Bertz CT molecular complexity index is 439. The van der Waals surface area contributed by atoms with Crippen LogP contribution in [0.5, 0.6) is 0 Å². The molecule has 0 unspecified atom stereocenters. The maximum Gasteiger partial charge on any atom is 0.414 e. The van der Waals surface area contributed by atoms with Crippen LogP contribution in [0.4, 0.5) is 4.79 Å². The van der Waals surface area contributed by atoms with Crippen LogP contribution in [0, 0.1) is 0 Å². The molecule has 19 heavy (non-hydrogen) atoms. The normalized spacial score (nSPS) is 22.6. The Morgan fingerprint density at radius 2 is 1.95 bits per heavy atom. The molecule has 0 spiro atoms. The number of amides is 1. The molecular weight excluding hydrogens is 246 g/mol. The average Bonchev–Trinajstić information content (AvgIpc) is 2.94. The summed E-state index contributed by atoms with van der Waals surface area (Å²) >= 11 is 0. The number of rotatable bonds is 2. The standard InChI is InChI=1S/C14H19NO4/c1-18-13(16)11-7-4-3-6-10(11)12-8-5-9-15(12)14(17)19-2/h5,9,12H,3-4,6-8H2,1-2H3/t12-/m1/s1. The van der Waals surface area contributed by atoms with Gasteiger partial charge in [0, 0.05) is 11.8 Å². The smallest absolute Gasteiger partial charge is 0.414 e. The van der Waals surface area contributed by atoms with Gasteiger partial charge in [-0.1, -0.05) is 6.08 Å². The van der Waals surface area contributed by atoms with E-state index in [0.29, 0.717) is 0 Å². The summed E-state index contributed by atoms with van der Waals surface area (Å²) < 4.78 is 9.62. The zero-order chi connectivity index (χ0) is 13.8. The summed E-state index contributed by atoms with van der Waals surface area (Å²) in [5.41, 5.74) is 1.75. The summed E-state index contributed by atoms with van der Waals surface area (Å²) in [7, 11) is 2.76. The monoisotopic (exact) mass is 265 g/mol. The van der Waals surface area contributed by atoms with E-state index in [4.69, 9.17) is 9.47 Å². The maximum absolute atomic E-state index is 11.8. The summed E-state index contributed by atoms with van der Waals surface area (Å²) in [4.78, 5) is 25.1. The highest BCUT2D eigenvalue weighted by atomic mass is 16.5. The summed E-state index contributed by atoms with van der Waals surface area (Å²) in [6, 6.07) is -0.0955. The van der Waals surface area contributed by atoms with E-state index in [0.717, 1.165) is 43.3 Å². The van der Waals surface area contributed by atoms with Crippen molar-refractivity contribution in [3.8, 4) is 0 Å². The van der Waals surface area contributed by atoms with Crippen LogP contribution in [-0.4, -0.2) is 37.2 Å². The summed E-state index contributed by atoms with van der Waals surface area (Å²) in [6.07, 6.45) is 7.60. The fourth-order valence-electron chi connectivity index (χ4n) is 2.78. The number of hydrogen-bond acceptors (Lipinski definition) is 4. The lowest BCUT2D eigenvalue weighted by atomic mass is 9.86. The zero-order valence-corrected chi connectivity index (χ0v) is 11.3. The van der Waals surface area contributed by atoms with Crippen molar-refractivity contribution in [1.82, 2.24) is 4.90 Å². The molecule has 0 aromatic heterocycles. The van der Waals surface area contributed by atoms with Gasteiger partial charge in [0.05, 0.1) is 20.3 Å². The highest BCUT2D eigenvalue weighted by Gasteiger charge is 2.33. The number of carbonyl (C=O) groups excluding carboxylic acids is 2. The zero-order valence-electron chi connectivity index (χ0n) is 11.3. The molecule has 5 heteroatoms. The Hall–Kier alpha value is -1.78. The van der Waals surface area contributed by atoms with Gasteiger partial charge in [0.15, 0.2) is 0 Å². The molecule has 0 aromatic rings. The van der Waals surface area contributed by atoms with Crippen LogP contribution in [-0.2, 0) is 14.3 Å². The minimum Gasteiger partial charge on any atom is -0.466 e. The van der Waals surface area contributed by atoms with Gasteiger partial charge in [-0.25, -0.2) is 9.59 Å². The maximum atomic E-state index is 11.8. The molecule has 0 bridgehead atoms. The van der Waals surface area contributed by atoms with Crippen LogP contribution in [0.25, 0.3) is 0 Å². The van der Waals surface area contributed by atoms with E-state index in [1.807, 2.05) is 6.08 Å². The second-order valence-corrected chi connectivity index (χ2v) is 4.72. The molecule has 2 rings (SSSR count). The molecule has 0 radical (unpaired) electrons. The summed E-state index contributed by atoms with van der Waals surface area (Å²) in [6.45, 7) is 0. The third kappa shape index (κ3) is 2.64. The van der Waals surface area contributed by atoms with Gasteiger partial charge in [-0.2, -0.15) is 0 Å². The second-order valence-electron chi connectivity index (χ2n) is 4.72. The third-order valence-electron chi connectivity index (χ3n) is 3.69. The highest BCUT2D eigenvalue weighted by molar-refractivity contribution is 5.90. The minimum absolute atomic E-state index is 0.0955. The molecule has 1 amide bonds. The van der Waals surface area contributed by atoms with Crippen LogP contribution < -0.4 is 0 Å². The number of nitrogens with zero attached hydrogens (tertiary/aromatic N) is 1. The van der Waals surface area contributed by atoms with E-state index in [2.05, 4.69) is 0 Å². The predicted octanol–water partition coefficient (Wildman–Crippen LogP) is 2.38. The molecule has 1 atom stereocenters. The molecule has 0 saturated heterocycles. The molecule has 0 N–H and O–H groups in total. The molecule has 1 heterocycles. The van der Waals surface area contributed by atoms with Gasteiger partial charge in [0.2, 0.25) is 0 Å². The molecule has 2 aliphatic rings. The van der Waals surface area contributed by atoms with Gasteiger partial charge in [0.25, 0.3) is 0 Å². The lowest BCUT2D eigenvalue weighted by Crippen LogP contribution is -2.36. The Labute approximate surface area is 112 Å². The first-order valence-corrected chi connectivity index (χ1v) is 6.52. The van der Waals surface area contributed by atoms with Gasteiger partial charge in [-0.3, -0.25) is 4.90 Å². The van der Waals surface area contributed by atoms with Crippen molar-refractivity contribution in [2.24, 2.45) is 0 Å². The Morgan fingerprint density at radius 3 is 2.63 bits per heavy atom.